The van der Waals surface area contributed by atoms with Crippen molar-refractivity contribution < 1.29 is 14.3 Å². The summed E-state index contributed by atoms with van der Waals surface area (Å²) in [7, 11) is 3.46. The van der Waals surface area contributed by atoms with Gasteiger partial charge in [-0.3, -0.25) is 9.48 Å². The van der Waals surface area contributed by atoms with Gasteiger partial charge in [0, 0.05) is 31.5 Å². The number of aromatic nitrogens is 4. The summed E-state index contributed by atoms with van der Waals surface area (Å²) < 4.78 is 14.0. The van der Waals surface area contributed by atoms with E-state index < -0.39 is 0 Å². The molecular formula is C18H21N5O3. The van der Waals surface area contributed by atoms with Crippen LogP contribution in [0.4, 0.5) is 0 Å². The molecule has 136 valence electrons. The summed E-state index contributed by atoms with van der Waals surface area (Å²) in [5.41, 5.74) is 2.21. The zero-order valence-corrected chi connectivity index (χ0v) is 15.0. The molecule has 0 saturated carbocycles. The quantitative estimate of drug-likeness (QED) is 0.700. The van der Waals surface area contributed by atoms with E-state index in [0.717, 1.165) is 17.0 Å². The van der Waals surface area contributed by atoms with Crippen molar-refractivity contribution in [1.29, 1.82) is 0 Å². The fraction of sp³-hybridized carbons (Fsp3) is 0.278. The van der Waals surface area contributed by atoms with Crippen LogP contribution in [0.15, 0.2) is 42.7 Å². The summed E-state index contributed by atoms with van der Waals surface area (Å²) in [6, 6.07) is 8.91. The number of amides is 1. The third kappa shape index (κ3) is 4.21. The molecule has 8 nitrogen and oxygen atoms in total. The predicted molar refractivity (Wildman–Crippen MR) is 95.0 cm³/mol. The lowest BCUT2D eigenvalue weighted by Crippen LogP contribution is -2.23. The first kappa shape index (κ1) is 17.5. The van der Waals surface area contributed by atoms with E-state index in [1.807, 2.05) is 44.4 Å². The lowest BCUT2D eigenvalue weighted by atomic mass is 10.2. The number of nitrogens with zero attached hydrogens (tertiary/aromatic N) is 4. The average Bonchev–Trinajstić information content (AvgIpc) is 3.24. The predicted octanol–water partition coefficient (Wildman–Crippen LogP) is 1.90. The Morgan fingerprint density at radius 3 is 2.54 bits per heavy atom. The summed E-state index contributed by atoms with van der Waals surface area (Å²) in [6.07, 6.45) is 3.59. The molecule has 0 aliphatic rings. The maximum absolute atomic E-state index is 12.2. The Morgan fingerprint density at radius 2 is 1.88 bits per heavy atom. The average molecular weight is 355 g/mol. The van der Waals surface area contributed by atoms with E-state index in [1.165, 1.54) is 0 Å². The third-order valence-electron chi connectivity index (χ3n) is 3.85. The summed E-state index contributed by atoms with van der Waals surface area (Å²) in [5, 5.41) is 11.3. The molecule has 0 radical (unpaired) electrons. The van der Waals surface area contributed by atoms with Gasteiger partial charge >= 0.3 is 0 Å². The monoisotopic (exact) mass is 355 g/mol. The Morgan fingerprint density at radius 1 is 1.15 bits per heavy atom. The molecule has 0 bridgehead atoms. The number of carbonyl (C=O) groups is 1. The maximum Gasteiger partial charge on any atom is 0.272 e. The van der Waals surface area contributed by atoms with Crippen molar-refractivity contribution >= 4 is 5.91 Å². The van der Waals surface area contributed by atoms with E-state index in [-0.39, 0.29) is 12.6 Å². The van der Waals surface area contributed by atoms with E-state index >= 15 is 0 Å². The molecule has 1 N–H and O–H groups in total. The van der Waals surface area contributed by atoms with Gasteiger partial charge in [-0.15, -0.1) is 0 Å². The number of ether oxygens (including phenoxy) is 2. The van der Waals surface area contributed by atoms with Crippen LogP contribution in [0.3, 0.4) is 0 Å². The summed E-state index contributed by atoms with van der Waals surface area (Å²) in [4.78, 5) is 12.2. The van der Waals surface area contributed by atoms with Crippen LogP contribution >= 0.6 is 0 Å². The summed E-state index contributed by atoms with van der Waals surface area (Å²) >= 11 is 0. The van der Waals surface area contributed by atoms with Crippen LogP contribution in [0.2, 0.25) is 0 Å². The number of methoxy groups -OCH3 is 1. The standard InChI is InChI=1S/C18H21N5O3/c1-13-14(11-22(2)20-13)10-19-18(24)17-8-9-23(21-17)12-26-16-6-4-15(25-3)5-7-16/h4-9,11H,10,12H2,1-3H3,(H,19,24). The topological polar surface area (TPSA) is 83.2 Å². The van der Waals surface area contributed by atoms with Crippen molar-refractivity contribution in [3.63, 3.8) is 0 Å². The van der Waals surface area contributed by atoms with Gasteiger partial charge in [-0.25, -0.2) is 4.68 Å². The largest absolute Gasteiger partial charge is 0.497 e. The lowest BCUT2D eigenvalue weighted by Gasteiger charge is -2.07. The van der Waals surface area contributed by atoms with Crippen LogP contribution < -0.4 is 14.8 Å². The van der Waals surface area contributed by atoms with E-state index in [1.54, 1.807) is 28.7 Å². The number of benzene rings is 1. The number of carbonyl (C=O) groups excluding carboxylic acids is 1. The first-order chi connectivity index (χ1) is 12.5. The first-order valence-corrected chi connectivity index (χ1v) is 8.13. The summed E-state index contributed by atoms with van der Waals surface area (Å²) in [5.74, 6) is 1.22. The molecule has 0 spiro atoms. The van der Waals surface area contributed by atoms with Crippen LogP contribution in [0.25, 0.3) is 0 Å². The van der Waals surface area contributed by atoms with Gasteiger partial charge in [0.25, 0.3) is 5.91 Å². The van der Waals surface area contributed by atoms with E-state index in [0.29, 0.717) is 18.0 Å². The fourth-order valence-corrected chi connectivity index (χ4v) is 2.46. The molecule has 3 aromatic rings. The van der Waals surface area contributed by atoms with Gasteiger partial charge < -0.3 is 14.8 Å². The Bertz CT molecular complexity index is 883. The molecular weight excluding hydrogens is 334 g/mol. The summed E-state index contributed by atoms with van der Waals surface area (Å²) in [6.45, 7) is 2.53. The van der Waals surface area contributed by atoms with Gasteiger partial charge in [0.2, 0.25) is 0 Å². The number of nitrogens with one attached hydrogen (secondary N) is 1. The molecule has 1 aromatic carbocycles. The molecule has 0 aliphatic heterocycles. The molecule has 0 aliphatic carbocycles. The molecule has 0 fully saturated rings. The SMILES string of the molecule is COc1ccc(OCn2ccc(C(=O)NCc3cn(C)nc3C)n2)cc1. The highest BCUT2D eigenvalue weighted by molar-refractivity contribution is 5.92. The number of aryl methyl sites for hydroxylation is 2. The van der Waals surface area contributed by atoms with Gasteiger partial charge in [-0.2, -0.15) is 10.2 Å². The highest BCUT2D eigenvalue weighted by atomic mass is 16.5. The van der Waals surface area contributed by atoms with Crippen molar-refractivity contribution in [1.82, 2.24) is 24.9 Å². The zero-order valence-electron chi connectivity index (χ0n) is 15.0. The minimum absolute atomic E-state index is 0.210. The molecule has 1 amide bonds. The van der Waals surface area contributed by atoms with Gasteiger partial charge in [-0.05, 0) is 37.3 Å². The maximum atomic E-state index is 12.2. The van der Waals surface area contributed by atoms with Gasteiger partial charge in [0.15, 0.2) is 6.73 Å². The van der Waals surface area contributed by atoms with E-state index in [4.69, 9.17) is 9.47 Å². The first-order valence-electron chi connectivity index (χ1n) is 8.13. The van der Waals surface area contributed by atoms with Crippen molar-refractivity contribution in [3.8, 4) is 11.5 Å². The number of hydrogen-bond donors (Lipinski definition) is 1. The van der Waals surface area contributed by atoms with Crippen LogP contribution in [-0.4, -0.2) is 32.6 Å². The molecule has 8 heteroatoms. The van der Waals surface area contributed by atoms with Crippen molar-refractivity contribution in [2.75, 3.05) is 7.11 Å². The minimum Gasteiger partial charge on any atom is -0.497 e. The Balaban J connectivity index is 1.53. The molecule has 2 aromatic heterocycles. The highest BCUT2D eigenvalue weighted by Gasteiger charge is 2.11. The number of hydrogen-bond acceptors (Lipinski definition) is 5. The van der Waals surface area contributed by atoms with Crippen LogP contribution in [0.1, 0.15) is 21.7 Å². The third-order valence-corrected chi connectivity index (χ3v) is 3.85. The second-order valence-electron chi connectivity index (χ2n) is 5.79. The highest BCUT2D eigenvalue weighted by Crippen LogP contribution is 2.17. The molecule has 2 heterocycles. The number of rotatable bonds is 7. The molecule has 26 heavy (non-hydrogen) atoms. The van der Waals surface area contributed by atoms with Crippen molar-refractivity contribution in [2.45, 2.75) is 20.2 Å². The Labute approximate surface area is 151 Å². The van der Waals surface area contributed by atoms with Crippen LogP contribution in [0.5, 0.6) is 11.5 Å². The van der Waals surface area contributed by atoms with Crippen LogP contribution in [0, 0.1) is 6.92 Å². The fourth-order valence-electron chi connectivity index (χ4n) is 2.46. The zero-order chi connectivity index (χ0) is 18.5. The van der Waals surface area contributed by atoms with Gasteiger partial charge in [-0.1, -0.05) is 0 Å². The molecule has 0 unspecified atom stereocenters. The second kappa shape index (κ2) is 7.73. The van der Waals surface area contributed by atoms with E-state index in [2.05, 4.69) is 15.5 Å². The molecule has 0 atom stereocenters. The van der Waals surface area contributed by atoms with Gasteiger partial charge in [0.1, 0.15) is 17.2 Å². The van der Waals surface area contributed by atoms with Crippen LogP contribution in [-0.2, 0) is 20.3 Å². The lowest BCUT2D eigenvalue weighted by molar-refractivity contribution is 0.0944. The van der Waals surface area contributed by atoms with E-state index in [9.17, 15) is 4.79 Å². The Kier molecular flexibility index (Phi) is 5.21. The second-order valence-corrected chi connectivity index (χ2v) is 5.79. The molecule has 3 rings (SSSR count). The smallest absolute Gasteiger partial charge is 0.272 e. The van der Waals surface area contributed by atoms with Gasteiger partial charge in [0.05, 0.1) is 12.8 Å². The Hall–Kier alpha value is -3.29. The molecule has 0 saturated heterocycles. The normalized spacial score (nSPS) is 10.6. The van der Waals surface area contributed by atoms with Crippen molar-refractivity contribution in [2.24, 2.45) is 7.05 Å². The minimum atomic E-state index is -0.239. The van der Waals surface area contributed by atoms with Crippen molar-refractivity contribution in [3.05, 3.63) is 59.7 Å².